The van der Waals surface area contributed by atoms with Gasteiger partial charge in [0.15, 0.2) is 0 Å². The highest BCUT2D eigenvalue weighted by molar-refractivity contribution is 6.53. The summed E-state index contributed by atoms with van der Waals surface area (Å²) in [6, 6.07) is 0. The average Bonchev–Trinajstić information content (AvgIpc) is 2.31. The third-order valence-electron chi connectivity index (χ3n) is 1.57. The zero-order chi connectivity index (χ0) is 13.6. The molecule has 0 spiro atoms. The van der Waals surface area contributed by atoms with Crippen molar-refractivity contribution < 1.29 is 21.8 Å². The molecule has 106 valence electrons. The Morgan fingerprint density at radius 3 is 1.18 bits per heavy atom. The van der Waals surface area contributed by atoms with Crippen LogP contribution >= 0.6 is 0 Å². The van der Waals surface area contributed by atoms with Crippen molar-refractivity contribution >= 4 is 29.3 Å². The Hall–Kier alpha value is 0.451. The van der Waals surface area contributed by atoms with Crippen molar-refractivity contribution in [3.05, 3.63) is 0 Å². The van der Waals surface area contributed by atoms with Crippen LogP contribution in [0.5, 0.6) is 0 Å². The van der Waals surface area contributed by atoms with Gasteiger partial charge in [-0.2, -0.15) is 0 Å². The van der Waals surface area contributed by atoms with Crippen molar-refractivity contribution in [3.63, 3.8) is 0 Å². The Labute approximate surface area is 112 Å². The molecule has 0 aromatic heterocycles. The maximum atomic E-state index is 5.42. The average molecular weight is 301 g/mol. The topological polar surface area (TPSA) is 46.2 Å². The van der Waals surface area contributed by atoms with Gasteiger partial charge in [-0.1, -0.05) is 6.55 Å². The van der Waals surface area contributed by atoms with Crippen molar-refractivity contribution in [2.75, 3.05) is 26.4 Å². The van der Waals surface area contributed by atoms with Crippen molar-refractivity contribution in [1.29, 1.82) is 0 Å². The molecule has 0 unspecified atom stereocenters. The van der Waals surface area contributed by atoms with Gasteiger partial charge in [-0.3, -0.25) is 0 Å². The van der Waals surface area contributed by atoms with Crippen LogP contribution in [0.3, 0.4) is 0 Å². The summed E-state index contributed by atoms with van der Waals surface area (Å²) in [4.78, 5) is 0. The van der Waals surface area contributed by atoms with Gasteiger partial charge in [0.1, 0.15) is 20.2 Å². The first kappa shape index (κ1) is 19.8. The van der Waals surface area contributed by atoms with Crippen LogP contribution in [0.15, 0.2) is 0 Å². The van der Waals surface area contributed by atoms with E-state index in [-0.39, 0.29) is 9.76 Å². The van der Waals surface area contributed by atoms with Crippen molar-refractivity contribution in [3.8, 4) is 0 Å². The van der Waals surface area contributed by atoms with Gasteiger partial charge in [0.25, 0.3) is 0 Å². The van der Waals surface area contributed by atoms with Crippen LogP contribution in [0.1, 0.15) is 27.7 Å². The summed E-state index contributed by atoms with van der Waals surface area (Å²) in [6.07, 6.45) is 0. The van der Waals surface area contributed by atoms with E-state index in [4.69, 9.17) is 21.8 Å². The zero-order valence-corrected chi connectivity index (χ0v) is 16.5. The van der Waals surface area contributed by atoms with Crippen molar-refractivity contribution in [2.24, 2.45) is 0 Å². The molecule has 0 aromatic carbocycles. The predicted octanol–water partition coefficient (Wildman–Crippen LogP) is -0.0167. The smallest absolute Gasteiger partial charge is 0.468 e. The SMILES string of the molecule is CCO[Si](OCC)(OCC)OCC.C[SiH2]O[SiH3]. The largest absolute Gasteiger partial charge is 0.679 e. The minimum absolute atomic E-state index is 0.0139. The van der Waals surface area contributed by atoms with Gasteiger partial charge >= 0.3 is 9.05 Å². The summed E-state index contributed by atoms with van der Waals surface area (Å²) in [7, 11) is -1.86. The second kappa shape index (κ2) is 14.5. The van der Waals surface area contributed by atoms with E-state index < -0.39 is 9.05 Å². The lowest BCUT2D eigenvalue weighted by molar-refractivity contribution is -0.0247. The summed E-state index contributed by atoms with van der Waals surface area (Å²) in [5, 5.41) is 0. The van der Waals surface area contributed by atoms with Crippen molar-refractivity contribution in [1.82, 2.24) is 0 Å². The highest BCUT2D eigenvalue weighted by atomic mass is 28.4. The van der Waals surface area contributed by atoms with Crippen LogP contribution in [0, 0.1) is 0 Å². The van der Waals surface area contributed by atoms with E-state index in [1.54, 1.807) is 0 Å². The molecular weight excluding hydrogens is 272 g/mol. The summed E-state index contributed by atoms with van der Waals surface area (Å²) in [6.45, 7) is 11.9. The predicted molar refractivity (Wildman–Crippen MR) is 77.7 cm³/mol. The molecule has 8 heteroatoms. The van der Waals surface area contributed by atoms with E-state index in [1.165, 1.54) is 0 Å². The molecule has 17 heavy (non-hydrogen) atoms. The molecular formula is C9H28O5Si3. The molecule has 0 aliphatic heterocycles. The summed E-state index contributed by atoms with van der Waals surface area (Å²) >= 11 is 0. The molecule has 0 aliphatic rings. The normalized spacial score (nSPS) is 11.8. The maximum absolute atomic E-state index is 5.42. The fourth-order valence-electron chi connectivity index (χ4n) is 0.957. The van der Waals surface area contributed by atoms with Gasteiger partial charge in [0, 0.05) is 26.4 Å². The summed E-state index contributed by atoms with van der Waals surface area (Å²) in [5.41, 5.74) is 0. The van der Waals surface area contributed by atoms with Crippen LogP contribution in [-0.2, 0) is 21.8 Å². The fourth-order valence-corrected chi connectivity index (χ4v) is 2.87. The summed E-state index contributed by atoms with van der Waals surface area (Å²) in [5.74, 6) is 0. The highest BCUT2D eigenvalue weighted by Gasteiger charge is 2.44. The van der Waals surface area contributed by atoms with Crippen LogP contribution in [0.4, 0.5) is 0 Å². The minimum atomic E-state index is -2.80. The molecule has 0 amide bonds. The molecule has 0 bridgehead atoms. The molecule has 0 atom stereocenters. The van der Waals surface area contributed by atoms with Gasteiger partial charge in [-0.25, -0.2) is 0 Å². The molecule has 0 radical (unpaired) electrons. The van der Waals surface area contributed by atoms with E-state index in [0.29, 0.717) is 26.4 Å². The Morgan fingerprint density at radius 2 is 1.06 bits per heavy atom. The minimum Gasteiger partial charge on any atom is -0.468 e. The Morgan fingerprint density at radius 1 is 0.824 bits per heavy atom. The van der Waals surface area contributed by atoms with Gasteiger partial charge in [0.05, 0.1) is 0 Å². The van der Waals surface area contributed by atoms with E-state index >= 15 is 0 Å². The van der Waals surface area contributed by atoms with Gasteiger partial charge < -0.3 is 21.8 Å². The molecule has 0 saturated carbocycles. The van der Waals surface area contributed by atoms with E-state index in [2.05, 4.69) is 6.55 Å². The van der Waals surface area contributed by atoms with Crippen LogP contribution < -0.4 is 0 Å². The van der Waals surface area contributed by atoms with Crippen LogP contribution in [0.2, 0.25) is 6.55 Å². The maximum Gasteiger partial charge on any atom is 0.679 e. The highest BCUT2D eigenvalue weighted by Crippen LogP contribution is 2.11. The van der Waals surface area contributed by atoms with Gasteiger partial charge in [0.2, 0.25) is 0 Å². The van der Waals surface area contributed by atoms with Gasteiger partial charge in [-0.05, 0) is 27.7 Å². The lowest BCUT2D eigenvalue weighted by Gasteiger charge is -2.26. The molecule has 0 saturated heterocycles. The first-order chi connectivity index (χ1) is 8.16. The lowest BCUT2D eigenvalue weighted by Crippen LogP contribution is -2.49. The van der Waals surface area contributed by atoms with Crippen LogP contribution in [0.25, 0.3) is 0 Å². The Bertz CT molecular complexity index is 119. The molecule has 0 fully saturated rings. The quantitative estimate of drug-likeness (QED) is 0.560. The molecule has 5 nitrogen and oxygen atoms in total. The molecule has 0 aliphatic carbocycles. The van der Waals surface area contributed by atoms with Gasteiger partial charge in [-0.15, -0.1) is 0 Å². The third-order valence-corrected chi connectivity index (χ3v) is 6.45. The second-order valence-electron chi connectivity index (χ2n) is 2.81. The number of hydrogen-bond donors (Lipinski definition) is 0. The third kappa shape index (κ3) is 11.3. The second-order valence-corrected chi connectivity index (χ2v) is 7.85. The Kier molecular flexibility index (Phi) is 16.9. The standard InChI is InChI=1S/C8H20O4Si.CH8OSi2/c1-5-9-13(10-6-2,11-7-3)12-8-4;1-4-2-3/h5-8H2,1-4H3;4H2,1,3H3. The molecule has 0 heterocycles. The van der Waals surface area contributed by atoms with E-state index in [9.17, 15) is 0 Å². The molecule has 0 rings (SSSR count). The number of hydrogen-bond acceptors (Lipinski definition) is 5. The zero-order valence-electron chi connectivity index (χ0n) is 12.1. The molecule has 0 aromatic rings. The number of rotatable bonds is 9. The first-order valence-electron chi connectivity index (χ1n) is 6.20. The fraction of sp³-hybridized carbons (Fsp3) is 1.00. The first-order valence-corrected chi connectivity index (χ1v) is 10.6. The van der Waals surface area contributed by atoms with Crippen LogP contribution in [-0.4, -0.2) is 55.7 Å². The van der Waals surface area contributed by atoms with Crippen molar-refractivity contribution in [2.45, 2.75) is 34.2 Å². The monoisotopic (exact) mass is 300 g/mol. The molecule has 0 N–H and O–H groups in total. The van der Waals surface area contributed by atoms with E-state index in [0.717, 1.165) is 10.5 Å². The van der Waals surface area contributed by atoms with E-state index in [1.807, 2.05) is 27.7 Å². The lowest BCUT2D eigenvalue weighted by atomic mass is 10.9. The summed E-state index contributed by atoms with van der Waals surface area (Å²) < 4.78 is 26.5. The Balaban J connectivity index is 0.